The summed E-state index contributed by atoms with van der Waals surface area (Å²) in [5, 5.41) is 10.7. The summed E-state index contributed by atoms with van der Waals surface area (Å²) in [6, 6.07) is 9.92. The molecule has 2 aliphatic rings. The predicted octanol–water partition coefficient (Wildman–Crippen LogP) is 4.69. The SMILES string of the molecule is CNc1ccc(CN2CC(COc3ccc(F)c(F)c3)C3(CCC3)C2)cc1C=N. The van der Waals surface area contributed by atoms with Crippen molar-refractivity contribution in [2.75, 3.05) is 32.1 Å². The quantitative estimate of drug-likeness (QED) is 0.665. The van der Waals surface area contributed by atoms with Crippen LogP contribution in [-0.4, -0.2) is 37.9 Å². The molecule has 0 radical (unpaired) electrons. The van der Waals surface area contributed by atoms with Crippen molar-refractivity contribution in [2.45, 2.75) is 25.8 Å². The molecule has 1 aliphatic heterocycles. The molecule has 1 saturated carbocycles. The Balaban J connectivity index is 1.42. The van der Waals surface area contributed by atoms with Gasteiger partial charge in [0.05, 0.1) is 6.61 Å². The van der Waals surface area contributed by atoms with Gasteiger partial charge in [0.15, 0.2) is 11.6 Å². The van der Waals surface area contributed by atoms with E-state index in [1.54, 1.807) is 0 Å². The molecule has 1 atom stereocenters. The number of hydrogen-bond acceptors (Lipinski definition) is 4. The Hall–Kier alpha value is -2.47. The van der Waals surface area contributed by atoms with Gasteiger partial charge in [-0.3, -0.25) is 4.90 Å². The number of nitrogens with zero attached hydrogens (tertiary/aromatic N) is 1. The van der Waals surface area contributed by atoms with Crippen molar-refractivity contribution in [3.8, 4) is 5.75 Å². The number of rotatable bonds is 7. The molecule has 1 heterocycles. The molecule has 4 rings (SSSR count). The Morgan fingerprint density at radius 1 is 1.21 bits per heavy atom. The van der Waals surface area contributed by atoms with Crippen molar-refractivity contribution in [1.82, 2.24) is 4.90 Å². The van der Waals surface area contributed by atoms with Crippen molar-refractivity contribution in [3.05, 3.63) is 59.2 Å². The van der Waals surface area contributed by atoms with Crippen molar-refractivity contribution < 1.29 is 13.5 Å². The lowest BCUT2D eigenvalue weighted by Crippen LogP contribution is -2.39. The Morgan fingerprint density at radius 2 is 2.03 bits per heavy atom. The number of halogens is 2. The summed E-state index contributed by atoms with van der Waals surface area (Å²) < 4.78 is 32.4. The molecule has 154 valence electrons. The molecule has 2 aromatic rings. The van der Waals surface area contributed by atoms with Crippen LogP contribution in [-0.2, 0) is 6.54 Å². The van der Waals surface area contributed by atoms with Crippen molar-refractivity contribution in [3.63, 3.8) is 0 Å². The first-order valence-electron chi connectivity index (χ1n) is 10.1. The zero-order valence-corrected chi connectivity index (χ0v) is 16.7. The minimum absolute atomic E-state index is 0.272. The van der Waals surface area contributed by atoms with Crippen LogP contribution >= 0.6 is 0 Å². The van der Waals surface area contributed by atoms with E-state index >= 15 is 0 Å². The number of benzene rings is 2. The molecular formula is C23H27F2N3O. The van der Waals surface area contributed by atoms with Crippen LogP contribution < -0.4 is 10.1 Å². The Kier molecular flexibility index (Phi) is 5.54. The van der Waals surface area contributed by atoms with E-state index in [2.05, 4.69) is 22.3 Å². The highest BCUT2D eigenvalue weighted by Crippen LogP contribution is 2.52. The standard InChI is InChI=1S/C23H27F2N3O/c1-27-22-6-3-16(9-17(22)11-26)12-28-13-18(23(15-28)7-2-8-23)14-29-19-4-5-20(24)21(25)10-19/h3-6,9-11,18,26-27H,2,7-8,12-15H2,1H3. The minimum Gasteiger partial charge on any atom is -0.493 e. The van der Waals surface area contributed by atoms with Gasteiger partial charge in [0.2, 0.25) is 0 Å². The summed E-state index contributed by atoms with van der Waals surface area (Å²) in [4.78, 5) is 2.46. The molecule has 2 fully saturated rings. The maximum Gasteiger partial charge on any atom is 0.162 e. The molecule has 0 amide bonds. The molecule has 0 aromatic heterocycles. The third-order valence-electron chi connectivity index (χ3n) is 6.52. The number of anilines is 1. The van der Waals surface area contributed by atoms with E-state index in [1.165, 1.54) is 37.1 Å². The second-order valence-corrected chi connectivity index (χ2v) is 8.29. The van der Waals surface area contributed by atoms with Gasteiger partial charge in [0.25, 0.3) is 0 Å². The number of nitrogens with one attached hydrogen (secondary N) is 2. The van der Waals surface area contributed by atoms with Gasteiger partial charge in [-0.25, -0.2) is 8.78 Å². The minimum atomic E-state index is -0.874. The maximum absolute atomic E-state index is 13.4. The second-order valence-electron chi connectivity index (χ2n) is 8.29. The van der Waals surface area contributed by atoms with Gasteiger partial charge >= 0.3 is 0 Å². The van der Waals surface area contributed by atoms with Crippen molar-refractivity contribution in [1.29, 1.82) is 5.41 Å². The fourth-order valence-corrected chi connectivity index (χ4v) is 4.77. The largest absolute Gasteiger partial charge is 0.493 e. The molecule has 4 nitrogen and oxygen atoms in total. The van der Waals surface area contributed by atoms with E-state index < -0.39 is 11.6 Å². The van der Waals surface area contributed by atoms with Crippen LogP contribution in [0.5, 0.6) is 5.75 Å². The van der Waals surface area contributed by atoms with Crippen LogP contribution in [0, 0.1) is 28.4 Å². The summed E-state index contributed by atoms with van der Waals surface area (Å²) in [7, 11) is 1.86. The van der Waals surface area contributed by atoms with Crippen molar-refractivity contribution in [2.24, 2.45) is 11.3 Å². The maximum atomic E-state index is 13.4. The lowest BCUT2D eigenvalue weighted by Gasteiger charge is -2.42. The molecule has 1 spiro atoms. The van der Waals surface area contributed by atoms with E-state index in [9.17, 15) is 8.78 Å². The first-order chi connectivity index (χ1) is 14.0. The molecule has 0 bridgehead atoms. The van der Waals surface area contributed by atoms with Gasteiger partial charge < -0.3 is 15.5 Å². The first-order valence-corrected chi connectivity index (χ1v) is 10.1. The highest BCUT2D eigenvalue weighted by Gasteiger charge is 2.50. The van der Waals surface area contributed by atoms with Crippen molar-refractivity contribution >= 4 is 11.9 Å². The molecule has 1 saturated heterocycles. The van der Waals surface area contributed by atoms with Gasteiger partial charge in [0.1, 0.15) is 5.75 Å². The molecule has 2 N–H and O–H groups in total. The lowest BCUT2D eigenvalue weighted by molar-refractivity contribution is 0.0607. The van der Waals surface area contributed by atoms with Crippen LogP contribution in [0.1, 0.15) is 30.4 Å². The first kappa shape index (κ1) is 19.8. The van der Waals surface area contributed by atoms with Crippen LogP contribution in [0.3, 0.4) is 0 Å². The van der Waals surface area contributed by atoms with Gasteiger partial charge in [-0.1, -0.05) is 12.5 Å². The Labute approximate surface area is 170 Å². The monoisotopic (exact) mass is 399 g/mol. The van der Waals surface area contributed by atoms with Gasteiger partial charge in [-0.05, 0) is 48.1 Å². The predicted molar refractivity (Wildman–Crippen MR) is 111 cm³/mol. The van der Waals surface area contributed by atoms with Crippen LogP contribution in [0.2, 0.25) is 0 Å². The lowest BCUT2D eigenvalue weighted by atomic mass is 9.63. The average Bonchev–Trinajstić information content (AvgIpc) is 3.07. The third-order valence-corrected chi connectivity index (χ3v) is 6.52. The van der Waals surface area contributed by atoms with Crippen LogP contribution in [0.25, 0.3) is 0 Å². The smallest absolute Gasteiger partial charge is 0.162 e. The van der Waals surface area contributed by atoms with E-state index in [0.29, 0.717) is 18.3 Å². The molecule has 2 aromatic carbocycles. The third kappa shape index (κ3) is 3.99. The van der Waals surface area contributed by atoms with Crippen LogP contribution in [0.4, 0.5) is 14.5 Å². The van der Waals surface area contributed by atoms with Crippen LogP contribution in [0.15, 0.2) is 36.4 Å². The second kappa shape index (κ2) is 8.11. The normalized spacial score (nSPS) is 20.4. The molecule has 6 heteroatoms. The van der Waals surface area contributed by atoms with Gasteiger partial charge in [-0.15, -0.1) is 0 Å². The van der Waals surface area contributed by atoms with E-state index in [1.807, 2.05) is 13.1 Å². The number of likely N-dealkylation sites (tertiary alicyclic amines) is 1. The molecule has 1 unspecified atom stereocenters. The molecule has 29 heavy (non-hydrogen) atoms. The summed E-state index contributed by atoms with van der Waals surface area (Å²) in [6.45, 7) is 3.32. The fourth-order valence-electron chi connectivity index (χ4n) is 4.77. The number of hydrogen-bond donors (Lipinski definition) is 2. The van der Waals surface area contributed by atoms with E-state index in [-0.39, 0.29) is 5.41 Å². The zero-order valence-electron chi connectivity index (χ0n) is 16.7. The summed E-state index contributed by atoms with van der Waals surface area (Å²) in [5.41, 5.74) is 3.31. The average molecular weight is 399 g/mol. The van der Waals surface area contributed by atoms with E-state index in [0.717, 1.165) is 43.0 Å². The summed E-state index contributed by atoms with van der Waals surface area (Å²) >= 11 is 0. The molecular weight excluding hydrogens is 372 g/mol. The van der Waals surface area contributed by atoms with Gasteiger partial charge in [-0.2, -0.15) is 0 Å². The summed E-state index contributed by atoms with van der Waals surface area (Å²) in [5.74, 6) is -0.965. The highest BCUT2D eigenvalue weighted by atomic mass is 19.2. The number of ether oxygens (including phenoxy) is 1. The fraction of sp³-hybridized carbons (Fsp3) is 0.435. The topological polar surface area (TPSA) is 48.4 Å². The Morgan fingerprint density at radius 3 is 2.69 bits per heavy atom. The molecule has 1 aliphatic carbocycles. The Bertz CT molecular complexity index is 898. The van der Waals surface area contributed by atoms with Gasteiger partial charge in [0, 0.05) is 56.1 Å². The zero-order chi connectivity index (χ0) is 20.4. The summed E-state index contributed by atoms with van der Waals surface area (Å²) in [6.07, 6.45) is 5.01. The highest BCUT2D eigenvalue weighted by molar-refractivity contribution is 5.86. The van der Waals surface area contributed by atoms with E-state index in [4.69, 9.17) is 10.1 Å².